The molecule has 166 valence electrons. The summed E-state index contributed by atoms with van der Waals surface area (Å²) < 4.78 is 1.12. The number of rotatable bonds is 8. The van der Waals surface area contributed by atoms with Crippen molar-refractivity contribution in [2.45, 2.75) is 44.9 Å². The van der Waals surface area contributed by atoms with Crippen molar-refractivity contribution in [2.75, 3.05) is 37.3 Å². The first-order valence-corrected chi connectivity index (χ1v) is 12.9. The molecule has 1 heterocycles. The zero-order valence-corrected chi connectivity index (χ0v) is 21.1. The number of amides is 1. The number of carbonyl (C=O) groups is 1. The molecule has 0 N–H and O–H groups in total. The van der Waals surface area contributed by atoms with E-state index >= 15 is 0 Å². The Balaban J connectivity index is 1.94. The van der Waals surface area contributed by atoms with Crippen LogP contribution in [0.4, 0.5) is 5.13 Å². The van der Waals surface area contributed by atoms with Crippen molar-refractivity contribution in [3.63, 3.8) is 0 Å². The lowest BCUT2D eigenvalue weighted by Gasteiger charge is -2.25. The average molecular weight is 456 g/mol. The van der Waals surface area contributed by atoms with Gasteiger partial charge in [-0.05, 0) is 60.7 Å². The van der Waals surface area contributed by atoms with Gasteiger partial charge in [-0.25, -0.2) is 4.98 Å². The Morgan fingerprint density at radius 2 is 1.71 bits per heavy atom. The SMILES string of the molecule is CCN(CC)CCN(C(=O)c1ccc(C(C)(C)C)cc1)c1nc2ccc(SC)cc2s1. The molecule has 0 aliphatic rings. The van der Waals surface area contributed by atoms with E-state index in [1.165, 1.54) is 10.5 Å². The number of likely N-dealkylation sites (N-methyl/N-ethyl adjacent to an activating group) is 1. The standard InChI is InChI=1S/C25H33N3OS2/c1-7-27(8-2)15-16-28(23(29)18-9-11-19(12-10-18)25(3,4)5)24-26-21-14-13-20(30-6)17-22(21)31-24/h9-14,17H,7-8,15-16H2,1-6H3. The number of nitrogens with zero attached hydrogens (tertiary/aromatic N) is 3. The molecule has 0 saturated carbocycles. The van der Waals surface area contributed by atoms with Crippen LogP contribution < -0.4 is 4.90 Å². The highest BCUT2D eigenvalue weighted by Gasteiger charge is 2.23. The Morgan fingerprint density at radius 1 is 1.03 bits per heavy atom. The van der Waals surface area contributed by atoms with Crippen LogP contribution in [0.25, 0.3) is 10.2 Å². The first-order valence-electron chi connectivity index (χ1n) is 10.9. The van der Waals surface area contributed by atoms with Crippen LogP contribution >= 0.6 is 23.1 Å². The topological polar surface area (TPSA) is 36.4 Å². The fraction of sp³-hybridized carbons (Fsp3) is 0.440. The molecule has 0 bridgehead atoms. The van der Waals surface area contributed by atoms with Crippen molar-refractivity contribution in [1.29, 1.82) is 0 Å². The van der Waals surface area contributed by atoms with Crippen molar-refractivity contribution in [3.8, 4) is 0 Å². The highest BCUT2D eigenvalue weighted by Crippen LogP contribution is 2.32. The average Bonchev–Trinajstić information content (AvgIpc) is 3.18. The summed E-state index contributed by atoms with van der Waals surface area (Å²) in [6.45, 7) is 14.2. The van der Waals surface area contributed by atoms with Gasteiger partial charge in [-0.15, -0.1) is 11.8 Å². The maximum atomic E-state index is 13.6. The molecule has 0 saturated heterocycles. The predicted octanol–water partition coefficient (Wildman–Crippen LogP) is 6.30. The second-order valence-electron chi connectivity index (χ2n) is 8.64. The van der Waals surface area contributed by atoms with Crippen LogP contribution in [0.15, 0.2) is 47.4 Å². The number of thioether (sulfide) groups is 1. The number of anilines is 1. The van der Waals surface area contributed by atoms with Gasteiger partial charge in [0, 0.05) is 23.5 Å². The zero-order valence-electron chi connectivity index (χ0n) is 19.4. The maximum absolute atomic E-state index is 13.6. The minimum absolute atomic E-state index is 0.0109. The fourth-order valence-corrected chi connectivity index (χ4v) is 5.01. The molecule has 0 radical (unpaired) electrons. The molecule has 0 atom stereocenters. The van der Waals surface area contributed by atoms with Gasteiger partial charge in [0.15, 0.2) is 5.13 Å². The van der Waals surface area contributed by atoms with Crippen molar-refractivity contribution < 1.29 is 4.79 Å². The van der Waals surface area contributed by atoms with Crippen molar-refractivity contribution in [1.82, 2.24) is 9.88 Å². The highest BCUT2D eigenvalue weighted by molar-refractivity contribution is 7.98. The Morgan fingerprint density at radius 3 is 2.29 bits per heavy atom. The quantitative estimate of drug-likeness (QED) is 0.373. The van der Waals surface area contributed by atoms with E-state index in [9.17, 15) is 4.79 Å². The lowest BCUT2D eigenvalue weighted by Crippen LogP contribution is -2.38. The number of thiazole rings is 1. The Kier molecular flexibility index (Phi) is 7.78. The monoisotopic (exact) mass is 455 g/mol. The van der Waals surface area contributed by atoms with E-state index in [0.29, 0.717) is 12.1 Å². The molecule has 31 heavy (non-hydrogen) atoms. The van der Waals surface area contributed by atoms with E-state index in [-0.39, 0.29) is 11.3 Å². The smallest absolute Gasteiger partial charge is 0.260 e. The Labute approximate surface area is 194 Å². The van der Waals surface area contributed by atoms with E-state index in [2.05, 4.69) is 70.0 Å². The van der Waals surface area contributed by atoms with Crippen LogP contribution in [0.2, 0.25) is 0 Å². The minimum atomic E-state index is 0.0109. The first kappa shape index (κ1) is 23.8. The molecule has 0 unspecified atom stereocenters. The number of fused-ring (bicyclic) bond motifs is 1. The van der Waals surface area contributed by atoms with E-state index in [1.807, 2.05) is 23.1 Å². The number of hydrogen-bond acceptors (Lipinski definition) is 5. The molecule has 0 fully saturated rings. The molecule has 0 spiro atoms. The highest BCUT2D eigenvalue weighted by atomic mass is 32.2. The molecule has 1 amide bonds. The van der Waals surface area contributed by atoms with Crippen LogP contribution in [-0.4, -0.2) is 48.2 Å². The number of carbonyl (C=O) groups excluding carboxylic acids is 1. The molecule has 0 aliphatic heterocycles. The summed E-state index contributed by atoms with van der Waals surface area (Å²) in [4.78, 5) is 23.8. The van der Waals surface area contributed by atoms with Gasteiger partial charge in [-0.3, -0.25) is 9.69 Å². The van der Waals surface area contributed by atoms with E-state index in [1.54, 1.807) is 23.1 Å². The molecule has 3 aromatic rings. The second kappa shape index (κ2) is 10.2. The van der Waals surface area contributed by atoms with E-state index in [4.69, 9.17) is 4.98 Å². The van der Waals surface area contributed by atoms with Gasteiger partial charge in [0.25, 0.3) is 5.91 Å². The summed E-state index contributed by atoms with van der Waals surface area (Å²) in [6, 6.07) is 14.3. The van der Waals surface area contributed by atoms with Gasteiger partial charge in [-0.1, -0.05) is 58.1 Å². The van der Waals surface area contributed by atoms with Crippen molar-refractivity contribution in [3.05, 3.63) is 53.6 Å². The molecule has 6 heteroatoms. The second-order valence-corrected chi connectivity index (χ2v) is 10.5. The first-order chi connectivity index (χ1) is 14.8. The summed E-state index contributed by atoms with van der Waals surface area (Å²) in [5.41, 5.74) is 2.94. The number of benzene rings is 2. The molecule has 2 aromatic carbocycles. The summed E-state index contributed by atoms with van der Waals surface area (Å²) in [5, 5.41) is 0.769. The van der Waals surface area contributed by atoms with Gasteiger partial charge in [0.1, 0.15) is 0 Å². The number of aromatic nitrogens is 1. The Hall–Kier alpha value is -1.89. The van der Waals surface area contributed by atoms with Gasteiger partial charge in [0.2, 0.25) is 0 Å². The molecule has 3 rings (SSSR count). The molecule has 1 aromatic heterocycles. The van der Waals surface area contributed by atoms with Gasteiger partial charge < -0.3 is 4.90 Å². The molecular formula is C25H33N3OS2. The minimum Gasteiger partial charge on any atom is -0.302 e. The van der Waals surface area contributed by atoms with Crippen molar-refractivity contribution >= 4 is 44.4 Å². The third-order valence-electron chi connectivity index (χ3n) is 5.59. The number of hydrogen-bond donors (Lipinski definition) is 0. The predicted molar refractivity (Wildman–Crippen MR) is 136 cm³/mol. The summed E-state index contributed by atoms with van der Waals surface area (Å²) in [5.74, 6) is 0.0109. The molecular weight excluding hydrogens is 422 g/mol. The third-order valence-corrected chi connectivity index (χ3v) is 7.36. The zero-order chi connectivity index (χ0) is 22.6. The maximum Gasteiger partial charge on any atom is 0.260 e. The van der Waals surface area contributed by atoms with Gasteiger partial charge >= 0.3 is 0 Å². The lowest BCUT2D eigenvalue weighted by molar-refractivity contribution is 0.0983. The molecule has 4 nitrogen and oxygen atoms in total. The summed E-state index contributed by atoms with van der Waals surface area (Å²) in [7, 11) is 0. The van der Waals surface area contributed by atoms with E-state index < -0.39 is 0 Å². The lowest BCUT2D eigenvalue weighted by atomic mass is 9.86. The largest absolute Gasteiger partial charge is 0.302 e. The van der Waals surface area contributed by atoms with Crippen LogP contribution in [0.1, 0.15) is 50.5 Å². The summed E-state index contributed by atoms with van der Waals surface area (Å²) in [6.07, 6.45) is 2.07. The van der Waals surface area contributed by atoms with Gasteiger partial charge in [0.05, 0.1) is 10.2 Å². The van der Waals surface area contributed by atoms with E-state index in [0.717, 1.165) is 35.0 Å². The van der Waals surface area contributed by atoms with Crippen LogP contribution in [0.3, 0.4) is 0 Å². The molecule has 0 aliphatic carbocycles. The fourth-order valence-electron chi connectivity index (χ4n) is 3.47. The van der Waals surface area contributed by atoms with Crippen LogP contribution in [-0.2, 0) is 5.41 Å². The van der Waals surface area contributed by atoms with Crippen molar-refractivity contribution in [2.24, 2.45) is 0 Å². The third kappa shape index (κ3) is 5.68. The van der Waals surface area contributed by atoms with Gasteiger partial charge in [-0.2, -0.15) is 0 Å². The van der Waals surface area contributed by atoms with Crippen LogP contribution in [0.5, 0.6) is 0 Å². The Bertz CT molecular complexity index is 1020. The normalized spacial score (nSPS) is 12.0. The van der Waals surface area contributed by atoms with Crippen LogP contribution in [0, 0.1) is 0 Å². The summed E-state index contributed by atoms with van der Waals surface area (Å²) >= 11 is 3.31.